The number of hydrogen-bond donors (Lipinski definition) is 2. The maximum absolute atomic E-state index is 10.8. The van der Waals surface area contributed by atoms with Gasteiger partial charge in [0.2, 0.25) is 0 Å². The van der Waals surface area contributed by atoms with Crippen molar-refractivity contribution in [1.29, 1.82) is 0 Å². The van der Waals surface area contributed by atoms with Crippen molar-refractivity contribution in [3.8, 4) is 0 Å². The zero-order chi connectivity index (χ0) is 15.7. The number of nitrogens with zero attached hydrogens (tertiary/aromatic N) is 1. The summed E-state index contributed by atoms with van der Waals surface area (Å²) in [4.78, 5) is 10.3. The van der Waals surface area contributed by atoms with Gasteiger partial charge in [0.25, 0.3) is 5.69 Å². The number of benzene rings is 1. The van der Waals surface area contributed by atoms with Gasteiger partial charge >= 0.3 is 0 Å². The first-order valence-electron chi connectivity index (χ1n) is 7.42. The zero-order valence-corrected chi connectivity index (χ0v) is 12.7. The van der Waals surface area contributed by atoms with E-state index in [1.807, 2.05) is 0 Å². The predicted octanol–water partition coefficient (Wildman–Crippen LogP) is 2.65. The maximum Gasteiger partial charge on any atom is 0.269 e. The second-order valence-electron chi connectivity index (χ2n) is 6.91. The van der Waals surface area contributed by atoms with Gasteiger partial charge in [0.05, 0.1) is 11.0 Å². The van der Waals surface area contributed by atoms with E-state index in [1.165, 1.54) is 12.1 Å². The van der Waals surface area contributed by atoms with Crippen LogP contribution in [0.1, 0.15) is 38.7 Å². The Kier molecular flexibility index (Phi) is 4.35. The number of non-ortho nitro benzene ring substituents is 1. The SMILES string of the molecule is CC1(C)CCCC(CN)(Cc2ccc([N+](=O)[O-])cc2)C1O. The van der Waals surface area contributed by atoms with Crippen LogP contribution in [0.5, 0.6) is 0 Å². The summed E-state index contributed by atoms with van der Waals surface area (Å²) in [5.74, 6) is 0. The van der Waals surface area contributed by atoms with Gasteiger partial charge in [-0.15, -0.1) is 0 Å². The second-order valence-corrected chi connectivity index (χ2v) is 6.91. The third kappa shape index (κ3) is 3.09. The topological polar surface area (TPSA) is 89.4 Å². The van der Waals surface area contributed by atoms with Gasteiger partial charge in [-0.2, -0.15) is 0 Å². The molecular formula is C16H24N2O3. The van der Waals surface area contributed by atoms with Crippen LogP contribution in [0.3, 0.4) is 0 Å². The molecule has 0 spiro atoms. The van der Waals surface area contributed by atoms with Crippen molar-refractivity contribution in [2.75, 3.05) is 6.54 Å². The largest absolute Gasteiger partial charge is 0.392 e. The fourth-order valence-electron chi connectivity index (χ4n) is 3.61. The van der Waals surface area contributed by atoms with E-state index in [-0.39, 0.29) is 16.5 Å². The third-order valence-electron chi connectivity index (χ3n) is 4.93. The summed E-state index contributed by atoms with van der Waals surface area (Å²) in [5.41, 5.74) is 6.61. The highest BCUT2D eigenvalue weighted by atomic mass is 16.6. The van der Waals surface area contributed by atoms with Crippen molar-refractivity contribution >= 4 is 5.69 Å². The van der Waals surface area contributed by atoms with Crippen molar-refractivity contribution in [2.24, 2.45) is 16.6 Å². The molecule has 2 atom stereocenters. The van der Waals surface area contributed by atoms with Crippen molar-refractivity contribution < 1.29 is 10.0 Å². The Balaban J connectivity index is 2.23. The van der Waals surface area contributed by atoms with Crippen LogP contribution in [0.15, 0.2) is 24.3 Å². The lowest BCUT2D eigenvalue weighted by atomic mass is 9.59. The third-order valence-corrected chi connectivity index (χ3v) is 4.93. The van der Waals surface area contributed by atoms with Gasteiger partial charge in [0, 0.05) is 24.1 Å². The first-order chi connectivity index (χ1) is 9.81. The highest BCUT2D eigenvalue weighted by molar-refractivity contribution is 5.33. The van der Waals surface area contributed by atoms with Crippen molar-refractivity contribution in [2.45, 2.75) is 45.6 Å². The number of nitro benzene ring substituents is 1. The molecule has 1 aliphatic carbocycles. The Hall–Kier alpha value is -1.46. The molecule has 0 aromatic heterocycles. The van der Waals surface area contributed by atoms with Crippen LogP contribution in [0, 0.1) is 20.9 Å². The number of nitrogens with two attached hydrogens (primary N) is 1. The van der Waals surface area contributed by atoms with Crippen LogP contribution < -0.4 is 5.73 Å². The van der Waals surface area contributed by atoms with Gasteiger partial charge in [-0.1, -0.05) is 32.4 Å². The molecule has 2 unspecified atom stereocenters. The molecule has 1 aromatic carbocycles. The van der Waals surface area contributed by atoms with Gasteiger partial charge in [0.15, 0.2) is 0 Å². The summed E-state index contributed by atoms with van der Waals surface area (Å²) in [6.45, 7) is 4.59. The Morgan fingerprint density at radius 3 is 2.48 bits per heavy atom. The standard InChI is InChI=1S/C16H24N2O3/c1-15(2)8-3-9-16(11-17,14(15)19)10-12-4-6-13(7-5-12)18(20)21/h4-7,14,19H,3,8-11,17H2,1-2H3. The van der Waals surface area contributed by atoms with Crippen LogP contribution in [-0.2, 0) is 6.42 Å². The average molecular weight is 292 g/mol. The van der Waals surface area contributed by atoms with Crippen LogP contribution in [0.2, 0.25) is 0 Å². The van der Waals surface area contributed by atoms with Crippen molar-refractivity contribution in [3.63, 3.8) is 0 Å². The molecule has 5 nitrogen and oxygen atoms in total. The molecule has 2 rings (SSSR count). The molecule has 116 valence electrons. The van der Waals surface area contributed by atoms with Crippen LogP contribution in [0.4, 0.5) is 5.69 Å². The van der Waals surface area contributed by atoms with Gasteiger partial charge in [-0.3, -0.25) is 10.1 Å². The fourth-order valence-corrected chi connectivity index (χ4v) is 3.61. The lowest BCUT2D eigenvalue weighted by Crippen LogP contribution is -2.53. The molecule has 0 amide bonds. The van der Waals surface area contributed by atoms with Crippen LogP contribution >= 0.6 is 0 Å². The number of aliphatic hydroxyl groups is 1. The minimum Gasteiger partial charge on any atom is -0.392 e. The van der Waals surface area contributed by atoms with Gasteiger partial charge < -0.3 is 10.8 Å². The van der Waals surface area contributed by atoms with Crippen LogP contribution in [-0.4, -0.2) is 22.7 Å². The Morgan fingerprint density at radius 2 is 1.95 bits per heavy atom. The summed E-state index contributed by atoms with van der Waals surface area (Å²) < 4.78 is 0. The molecule has 0 heterocycles. The Bertz CT molecular complexity index is 513. The normalized spacial score (nSPS) is 28.3. The van der Waals surface area contributed by atoms with Crippen LogP contribution in [0.25, 0.3) is 0 Å². The molecule has 1 fully saturated rings. The molecular weight excluding hydrogens is 268 g/mol. The van der Waals surface area contributed by atoms with E-state index in [1.54, 1.807) is 12.1 Å². The first kappa shape index (κ1) is 15.9. The smallest absolute Gasteiger partial charge is 0.269 e. The van der Waals surface area contributed by atoms with Gasteiger partial charge in [-0.05, 0) is 30.2 Å². The first-order valence-corrected chi connectivity index (χ1v) is 7.42. The average Bonchev–Trinajstić information content (AvgIpc) is 2.44. The van der Waals surface area contributed by atoms with E-state index in [0.29, 0.717) is 13.0 Å². The molecule has 0 bridgehead atoms. The van der Waals surface area contributed by atoms with E-state index < -0.39 is 11.0 Å². The van der Waals surface area contributed by atoms with E-state index in [9.17, 15) is 15.2 Å². The zero-order valence-electron chi connectivity index (χ0n) is 12.7. The van der Waals surface area contributed by atoms with E-state index in [2.05, 4.69) is 13.8 Å². The molecule has 3 N–H and O–H groups in total. The van der Waals surface area contributed by atoms with E-state index in [0.717, 1.165) is 24.8 Å². The maximum atomic E-state index is 10.8. The predicted molar refractivity (Wildman–Crippen MR) is 81.9 cm³/mol. The minimum atomic E-state index is -0.459. The van der Waals surface area contributed by atoms with Gasteiger partial charge in [-0.25, -0.2) is 0 Å². The number of hydrogen-bond acceptors (Lipinski definition) is 4. The molecule has 21 heavy (non-hydrogen) atoms. The lowest BCUT2D eigenvalue weighted by molar-refractivity contribution is -0.384. The highest BCUT2D eigenvalue weighted by Gasteiger charge is 2.47. The molecule has 5 heteroatoms. The Labute approximate surface area is 125 Å². The summed E-state index contributed by atoms with van der Waals surface area (Å²) >= 11 is 0. The Morgan fingerprint density at radius 1 is 1.33 bits per heavy atom. The second kappa shape index (κ2) is 5.73. The summed E-state index contributed by atoms with van der Waals surface area (Å²) in [5, 5.41) is 21.5. The molecule has 0 saturated heterocycles. The molecule has 0 aliphatic heterocycles. The summed E-state index contributed by atoms with van der Waals surface area (Å²) in [7, 11) is 0. The molecule has 1 aliphatic rings. The summed E-state index contributed by atoms with van der Waals surface area (Å²) in [6.07, 6.45) is 3.14. The van der Waals surface area contributed by atoms with E-state index >= 15 is 0 Å². The number of aliphatic hydroxyl groups excluding tert-OH is 1. The van der Waals surface area contributed by atoms with Crippen molar-refractivity contribution in [1.82, 2.24) is 0 Å². The summed E-state index contributed by atoms with van der Waals surface area (Å²) in [6, 6.07) is 6.56. The van der Waals surface area contributed by atoms with Gasteiger partial charge in [0.1, 0.15) is 0 Å². The number of rotatable bonds is 4. The van der Waals surface area contributed by atoms with Crippen molar-refractivity contribution in [3.05, 3.63) is 39.9 Å². The number of nitro groups is 1. The van der Waals surface area contributed by atoms with E-state index in [4.69, 9.17) is 5.73 Å². The molecule has 0 radical (unpaired) electrons. The fraction of sp³-hybridized carbons (Fsp3) is 0.625. The lowest BCUT2D eigenvalue weighted by Gasteiger charge is -2.49. The molecule has 1 saturated carbocycles. The monoisotopic (exact) mass is 292 g/mol. The molecule has 1 aromatic rings. The minimum absolute atomic E-state index is 0.0880. The quantitative estimate of drug-likeness (QED) is 0.659. The highest BCUT2D eigenvalue weighted by Crippen LogP contribution is 2.47.